The summed E-state index contributed by atoms with van der Waals surface area (Å²) in [5, 5.41) is 7.12. The van der Waals surface area contributed by atoms with Crippen molar-refractivity contribution < 1.29 is 0 Å². The zero-order valence-corrected chi connectivity index (χ0v) is 16.3. The highest BCUT2D eigenvalue weighted by Gasteiger charge is 2.30. The molecule has 1 aliphatic heterocycles. The molecule has 0 spiro atoms. The zero-order valence-electron chi connectivity index (χ0n) is 14.7. The lowest BCUT2D eigenvalue weighted by molar-refractivity contribution is 0.144. The van der Waals surface area contributed by atoms with Gasteiger partial charge in [-0.25, -0.2) is 4.68 Å². The Kier molecular flexibility index (Phi) is 4.03. The SMILES string of the molecule is CC1c2ccsc2CCN1Cn1nc(-c2cccnc2)n(C2CC2)c1=S. The Hall–Kier alpha value is -1.83. The normalized spacial score (nSPS) is 20.3. The van der Waals surface area contributed by atoms with Gasteiger partial charge in [-0.3, -0.25) is 14.5 Å². The fourth-order valence-corrected chi connectivity index (χ4v) is 5.09. The van der Waals surface area contributed by atoms with E-state index in [0.717, 1.165) is 35.8 Å². The molecule has 1 unspecified atom stereocenters. The Morgan fingerprint density at radius 1 is 1.31 bits per heavy atom. The van der Waals surface area contributed by atoms with Gasteiger partial charge in [-0.2, -0.15) is 5.10 Å². The Labute approximate surface area is 161 Å². The van der Waals surface area contributed by atoms with Crippen molar-refractivity contribution in [1.29, 1.82) is 0 Å². The molecule has 0 saturated heterocycles. The third-order valence-corrected chi connectivity index (χ3v) is 6.83. The standard InChI is InChI=1S/C19H21N5S2/c1-13-16-7-10-26-17(16)6-9-22(13)12-23-19(25)24(15-4-5-15)18(21-23)14-3-2-8-20-11-14/h2-3,7-8,10-11,13,15H,4-6,9,12H2,1H3. The highest BCUT2D eigenvalue weighted by atomic mass is 32.1. The minimum atomic E-state index is 0.403. The van der Waals surface area contributed by atoms with Crippen LogP contribution in [0.15, 0.2) is 36.0 Å². The first-order chi connectivity index (χ1) is 12.7. The molecule has 0 N–H and O–H groups in total. The predicted molar refractivity (Wildman–Crippen MR) is 106 cm³/mol. The van der Waals surface area contributed by atoms with Gasteiger partial charge in [-0.15, -0.1) is 11.3 Å². The van der Waals surface area contributed by atoms with Crippen molar-refractivity contribution in [2.45, 2.75) is 44.9 Å². The molecular formula is C19H21N5S2. The van der Waals surface area contributed by atoms with Gasteiger partial charge in [0, 0.05) is 41.5 Å². The maximum absolute atomic E-state index is 5.82. The monoisotopic (exact) mass is 383 g/mol. The average Bonchev–Trinajstić information content (AvgIpc) is 3.28. The number of nitrogens with zero attached hydrogens (tertiary/aromatic N) is 5. The third kappa shape index (κ3) is 2.74. The molecule has 4 heterocycles. The Balaban J connectivity index is 1.50. The molecule has 5 rings (SSSR count). The molecule has 134 valence electrons. The molecule has 1 saturated carbocycles. The molecule has 0 bridgehead atoms. The van der Waals surface area contributed by atoms with E-state index in [1.165, 1.54) is 23.3 Å². The number of rotatable bonds is 4. The van der Waals surface area contributed by atoms with E-state index in [1.807, 2.05) is 28.3 Å². The van der Waals surface area contributed by atoms with E-state index in [1.54, 1.807) is 6.20 Å². The van der Waals surface area contributed by atoms with Crippen molar-refractivity contribution in [2.24, 2.45) is 0 Å². The van der Waals surface area contributed by atoms with Gasteiger partial charge < -0.3 is 0 Å². The number of pyridine rings is 1. The molecule has 2 aliphatic rings. The summed E-state index contributed by atoms with van der Waals surface area (Å²) >= 11 is 7.69. The van der Waals surface area contributed by atoms with E-state index in [9.17, 15) is 0 Å². The summed E-state index contributed by atoms with van der Waals surface area (Å²) in [4.78, 5) is 8.26. The van der Waals surface area contributed by atoms with Crippen molar-refractivity contribution in [2.75, 3.05) is 6.54 Å². The van der Waals surface area contributed by atoms with Crippen molar-refractivity contribution in [3.63, 3.8) is 0 Å². The predicted octanol–water partition coefficient (Wildman–Crippen LogP) is 4.45. The zero-order chi connectivity index (χ0) is 17.7. The lowest BCUT2D eigenvalue weighted by Gasteiger charge is -2.33. The summed E-state index contributed by atoms with van der Waals surface area (Å²) in [5.41, 5.74) is 2.50. The quantitative estimate of drug-likeness (QED) is 0.624. The largest absolute Gasteiger partial charge is 0.297 e. The molecule has 0 radical (unpaired) electrons. The molecular weight excluding hydrogens is 362 g/mol. The minimum absolute atomic E-state index is 0.403. The third-order valence-electron chi connectivity index (χ3n) is 5.42. The molecule has 7 heteroatoms. The van der Waals surface area contributed by atoms with Gasteiger partial charge in [0.05, 0.1) is 6.67 Å². The van der Waals surface area contributed by atoms with Gasteiger partial charge in [0.2, 0.25) is 0 Å². The average molecular weight is 384 g/mol. The molecule has 1 atom stereocenters. The summed E-state index contributed by atoms with van der Waals surface area (Å²) < 4.78 is 5.07. The Morgan fingerprint density at radius 2 is 2.19 bits per heavy atom. The Bertz CT molecular complexity index is 983. The van der Waals surface area contributed by atoms with Crippen LogP contribution in [0.4, 0.5) is 0 Å². The Morgan fingerprint density at radius 3 is 2.96 bits per heavy atom. The molecule has 0 aromatic carbocycles. The molecule has 5 nitrogen and oxygen atoms in total. The van der Waals surface area contributed by atoms with E-state index in [4.69, 9.17) is 17.3 Å². The van der Waals surface area contributed by atoms with Crippen molar-refractivity contribution in [3.8, 4) is 11.4 Å². The van der Waals surface area contributed by atoms with Crippen LogP contribution in [0.25, 0.3) is 11.4 Å². The first-order valence-electron chi connectivity index (χ1n) is 9.12. The lowest BCUT2D eigenvalue weighted by Crippen LogP contribution is -2.35. The van der Waals surface area contributed by atoms with Gasteiger partial charge in [0.1, 0.15) is 0 Å². The number of hydrogen-bond acceptors (Lipinski definition) is 5. The van der Waals surface area contributed by atoms with Crippen molar-refractivity contribution >= 4 is 23.6 Å². The molecule has 1 aliphatic carbocycles. The van der Waals surface area contributed by atoms with E-state index in [2.05, 4.69) is 38.9 Å². The fourth-order valence-electron chi connectivity index (χ4n) is 3.79. The summed E-state index contributed by atoms with van der Waals surface area (Å²) in [5.74, 6) is 0.950. The van der Waals surface area contributed by atoms with Crippen LogP contribution in [-0.4, -0.2) is 30.8 Å². The van der Waals surface area contributed by atoms with Crippen LogP contribution in [-0.2, 0) is 13.1 Å². The highest BCUT2D eigenvalue weighted by Crippen LogP contribution is 2.39. The molecule has 3 aromatic rings. The summed E-state index contributed by atoms with van der Waals surface area (Å²) in [6, 6.07) is 7.18. The number of thiophene rings is 1. The summed E-state index contributed by atoms with van der Waals surface area (Å²) in [7, 11) is 0. The second kappa shape index (κ2) is 6.40. The molecule has 1 fully saturated rings. The summed E-state index contributed by atoms with van der Waals surface area (Å²) in [6.07, 6.45) is 7.16. The lowest BCUT2D eigenvalue weighted by atomic mass is 10.0. The van der Waals surface area contributed by atoms with E-state index in [0.29, 0.717) is 12.1 Å². The second-order valence-corrected chi connectivity index (χ2v) is 8.49. The van der Waals surface area contributed by atoms with E-state index < -0.39 is 0 Å². The minimum Gasteiger partial charge on any atom is -0.297 e. The van der Waals surface area contributed by atoms with Crippen LogP contribution in [0.5, 0.6) is 0 Å². The van der Waals surface area contributed by atoms with Crippen molar-refractivity contribution in [3.05, 3.63) is 51.2 Å². The first kappa shape index (κ1) is 16.4. The molecule has 3 aromatic heterocycles. The molecule has 0 amide bonds. The maximum atomic E-state index is 5.82. The topological polar surface area (TPSA) is 38.9 Å². The van der Waals surface area contributed by atoms with Gasteiger partial charge in [-0.1, -0.05) is 0 Å². The smallest absolute Gasteiger partial charge is 0.199 e. The van der Waals surface area contributed by atoms with Crippen molar-refractivity contribution in [1.82, 2.24) is 24.2 Å². The van der Waals surface area contributed by atoms with E-state index >= 15 is 0 Å². The van der Waals surface area contributed by atoms with Gasteiger partial charge in [0.15, 0.2) is 10.6 Å². The second-order valence-electron chi connectivity index (χ2n) is 7.13. The first-order valence-corrected chi connectivity index (χ1v) is 10.4. The number of fused-ring (bicyclic) bond motifs is 1. The van der Waals surface area contributed by atoms with Crippen LogP contribution in [0.2, 0.25) is 0 Å². The highest BCUT2D eigenvalue weighted by molar-refractivity contribution is 7.71. The van der Waals surface area contributed by atoms with E-state index in [-0.39, 0.29) is 0 Å². The molecule has 26 heavy (non-hydrogen) atoms. The van der Waals surface area contributed by atoms with Gasteiger partial charge in [0.25, 0.3) is 0 Å². The van der Waals surface area contributed by atoms with Crippen LogP contribution >= 0.6 is 23.6 Å². The van der Waals surface area contributed by atoms with Gasteiger partial charge >= 0.3 is 0 Å². The number of aromatic nitrogens is 4. The summed E-state index contributed by atoms with van der Waals surface area (Å²) in [6.45, 7) is 4.07. The van der Waals surface area contributed by atoms with Crippen LogP contribution in [0.1, 0.15) is 42.3 Å². The van der Waals surface area contributed by atoms with Crippen LogP contribution in [0.3, 0.4) is 0 Å². The fraction of sp³-hybridized carbons (Fsp3) is 0.421. The maximum Gasteiger partial charge on any atom is 0.199 e. The van der Waals surface area contributed by atoms with Gasteiger partial charge in [-0.05, 0) is 67.5 Å². The van der Waals surface area contributed by atoms with Crippen LogP contribution < -0.4 is 0 Å². The number of hydrogen-bond donors (Lipinski definition) is 0. The van der Waals surface area contributed by atoms with Crippen LogP contribution in [0, 0.1) is 4.77 Å².